The van der Waals surface area contributed by atoms with Gasteiger partial charge in [-0.1, -0.05) is 103 Å². The molecule has 2 heterocycles. The van der Waals surface area contributed by atoms with Crippen molar-refractivity contribution in [3.8, 4) is 6.01 Å². The Morgan fingerprint density at radius 2 is 1.29 bits per heavy atom. The smallest absolute Gasteiger partial charge is 0.316 e. The SMILES string of the molecule is CCCCCCCCCCCCCCCCCCOCC(CSCCCOCCCn1ccnc1)Oc1ncccn1. The molecule has 1 unspecified atom stereocenters. The van der Waals surface area contributed by atoms with E-state index in [2.05, 4.69) is 26.4 Å². The van der Waals surface area contributed by atoms with Gasteiger partial charge < -0.3 is 18.8 Å². The minimum absolute atomic E-state index is 0.0467. The van der Waals surface area contributed by atoms with Gasteiger partial charge in [0.1, 0.15) is 6.10 Å². The van der Waals surface area contributed by atoms with Gasteiger partial charge in [0.2, 0.25) is 0 Å². The number of ether oxygens (including phenoxy) is 3. The summed E-state index contributed by atoms with van der Waals surface area (Å²) < 4.78 is 19.9. The molecule has 8 heteroatoms. The topological polar surface area (TPSA) is 71.3 Å². The first-order valence-corrected chi connectivity index (χ1v) is 18.2. The predicted octanol–water partition coefficient (Wildman–Crippen LogP) is 8.93. The second-order valence-corrected chi connectivity index (χ2v) is 12.5. The summed E-state index contributed by atoms with van der Waals surface area (Å²) in [6, 6.07) is 2.23. The Morgan fingerprint density at radius 1 is 0.690 bits per heavy atom. The van der Waals surface area contributed by atoms with Crippen molar-refractivity contribution in [2.75, 3.05) is 37.9 Å². The van der Waals surface area contributed by atoms with Gasteiger partial charge in [0.15, 0.2) is 0 Å². The van der Waals surface area contributed by atoms with Gasteiger partial charge in [-0.15, -0.1) is 0 Å². The Labute approximate surface area is 261 Å². The molecule has 0 bridgehead atoms. The quantitative estimate of drug-likeness (QED) is 0.0796. The Balaban J connectivity index is 1.40. The number of imidazole rings is 1. The van der Waals surface area contributed by atoms with Crippen LogP contribution in [0.25, 0.3) is 0 Å². The van der Waals surface area contributed by atoms with Gasteiger partial charge >= 0.3 is 6.01 Å². The number of thioether (sulfide) groups is 1. The molecule has 42 heavy (non-hydrogen) atoms. The lowest BCUT2D eigenvalue weighted by atomic mass is 10.0. The molecule has 2 aromatic heterocycles. The van der Waals surface area contributed by atoms with Crippen LogP contribution in [0.1, 0.15) is 122 Å². The average Bonchev–Trinajstić information content (AvgIpc) is 3.53. The zero-order valence-electron chi connectivity index (χ0n) is 26.6. The summed E-state index contributed by atoms with van der Waals surface area (Å²) in [4.78, 5) is 12.5. The van der Waals surface area contributed by atoms with Gasteiger partial charge in [-0.3, -0.25) is 0 Å². The summed E-state index contributed by atoms with van der Waals surface area (Å²) in [6.45, 7) is 6.20. The van der Waals surface area contributed by atoms with Crippen molar-refractivity contribution in [1.82, 2.24) is 19.5 Å². The van der Waals surface area contributed by atoms with Crippen molar-refractivity contribution in [2.45, 2.75) is 135 Å². The fourth-order valence-corrected chi connectivity index (χ4v) is 5.84. The third-order valence-electron chi connectivity index (χ3n) is 7.41. The second-order valence-electron chi connectivity index (χ2n) is 11.3. The van der Waals surface area contributed by atoms with E-state index in [1.807, 2.05) is 30.5 Å². The maximum absolute atomic E-state index is 6.04. The Kier molecular flexibility index (Phi) is 24.5. The average molecular weight is 605 g/mol. The van der Waals surface area contributed by atoms with Crippen molar-refractivity contribution in [3.63, 3.8) is 0 Å². The molecule has 0 saturated carbocycles. The Bertz CT molecular complexity index is 797. The van der Waals surface area contributed by atoms with Crippen LogP contribution in [0.15, 0.2) is 37.2 Å². The van der Waals surface area contributed by atoms with E-state index in [1.165, 1.54) is 96.3 Å². The molecule has 0 aliphatic rings. The van der Waals surface area contributed by atoms with E-state index in [0.717, 1.165) is 57.1 Å². The molecular formula is C34H60N4O3S. The molecule has 0 aliphatic heterocycles. The number of aryl methyl sites for hydroxylation is 1. The first-order valence-electron chi connectivity index (χ1n) is 17.0. The first-order chi connectivity index (χ1) is 20.9. The molecule has 0 aromatic carbocycles. The number of hydrogen-bond donors (Lipinski definition) is 0. The van der Waals surface area contributed by atoms with E-state index in [1.54, 1.807) is 18.5 Å². The van der Waals surface area contributed by atoms with Crippen LogP contribution in [-0.2, 0) is 16.0 Å². The van der Waals surface area contributed by atoms with Gasteiger partial charge in [0.25, 0.3) is 0 Å². The summed E-state index contributed by atoms with van der Waals surface area (Å²) in [5.41, 5.74) is 0. The molecule has 0 fully saturated rings. The molecule has 0 spiro atoms. The van der Waals surface area contributed by atoms with Gasteiger partial charge in [-0.2, -0.15) is 11.8 Å². The molecule has 0 aliphatic carbocycles. The molecular weight excluding hydrogens is 544 g/mol. The van der Waals surface area contributed by atoms with Crippen molar-refractivity contribution in [1.29, 1.82) is 0 Å². The fraction of sp³-hybridized carbons (Fsp3) is 0.794. The lowest BCUT2D eigenvalue weighted by molar-refractivity contribution is 0.0541. The fourth-order valence-electron chi connectivity index (χ4n) is 4.93. The van der Waals surface area contributed by atoms with E-state index in [4.69, 9.17) is 14.2 Å². The highest BCUT2D eigenvalue weighted by Crippen LogP contribution is 2.14. The van der Waals surface area contributed by atoms with Gasteiger partial charge in [0.05, 0.1) is 12.9 Å². The molecule has 0 amide bonds. The number of aromatic nitrogens is 4. The number of unbranched alkanes of at least 4 members (excludes halogenated alkanes) is 15. The molecule has 240 valence electrons. The summed E-state index contributed by atoms with van der Waals surface area (Å²) in [7, 11) is 0. The predicted molar refractivity (Wildman–Crippen MR) is 176 cm³/mol. The summed E-state index contributed by atoms with van der Waals surface area (Å²) in [6.07, 6.45) is 33.2. The van der Waals surface area contributed by atoms with Crippen molar-refractivity contribution in [2.24, 2.45) is 0 Å². The van der Waals surface area contributed by atoms with E-state index in [-0.39, 0.29) is 6.10 Å². The molecule has 1 atom stereocenters. The lowest BCUT2D eigenvalue weighted by Crippen LogP contribution is -2.27. The molecule has 0 radical (unpaired) electrons. The van der Waals surface area contributed by atoms with E-state index in [9.17, 15) is 0 Å². The van der Waals surface area contributed by atoms with Crippen LogP contribution in [0.4, 0.5) is 0 Å². The number of rotatable bonds is 31. The van der Waals surface area contributed by atoms with E-state index < -0.39 is 0 Å². The highest BCUT2D eigenvalue weighted by molar-refractivity contribution is 7.99. The number of hydrogen-bond acceptors (Lipinski definition) is 7. The zero-order chi connectivity index (χ0) is 29.6. The number of nitrogens with zero attached hydrogens (tertiary/aromatic N) is 4. The summed E-state index contributed by atoms with van der Waals surface area (Å²) in [5, 5.41) is 0. The second kappa shape index (κ2) is 28.1. The maximum Gasteiger partial charge on any atom is 0.316 e. The van der Waals surface area contributed by atoms with Gasteiger partial charge in [-0.25, -0.2) is 15.0 Å². The summed E-state index contributed by atoms with van der Waals surface area (Å²) in [5.74, 6) is 1.90. The van der Waals surface area contributed by atoms with Crippen LogP contribution in [0, 0.1) is 0 Å². The summed E-state index contributed by atoms with van der Waals surface area (Å²) >= 11 is 1.88. The largest absolute Gasteiger partial charge is 0.457 e. The van der Waals surface area contributed by atoms with Crippen LogP contribution in [0.3, 0.4) is 0 Å². The van der Waals surface area contributed by atoms with Crippen LogP contribution in [0.2, 0.25) is 0 Å². The highest BCUT2D eigenvalue weighted by atomic mass is 32.2. The van der Waals surface area contributed by atoms with E-state index in [0.29, 0.717) is 12.6 Å². The molecule has 0 N–H and O–H groups in total. The van der Waals surface area contributed by atoms with Gasteiger partial charge in [0, 0.05) is 56.9 Å². The third-order valence-corrected chi connectivity index (χ3v) is 8.59. The Morgan fingerprint density at radius 3 is 1.90 bits per heavy atom. The molecule has 2 aromatic rings. The van der Waals surface area contributed by atoms with Crippen LogP contribution >= 0.6 is 11.8 Å². The van der Waals surface area contributed by atoms with Crippen LogP contribution in [-0.4, -0.2) is 63.6 Å². The molecule has 7 nitrogen and oxygen atoms in total. The first kappa shape index (κ1) is 36.6. The highest BCUT2D eigenvalue weighted by Gasteiger charge is 2.13. The van der Waals surface area contributed by atoms with Crippen LogP contribution in [0.5, 0.6) is 6.01 Å². The van der Waals surface area contributed by atoms with Crippen molar-refractivity contribution in [3.05, 3.63) is 37.2 Å². The van der Waals surface area contributed by atoms with Gasteiger partial charge in [-0.05, 0) is 31.1 Å². The zero-order valence-corrected chi connectivity index (χ0v) is 27.5. The van der Waals surface area contributed by atoms with Crippen LogP contribution < -0.4 is 4.74 Å². The van der Waals surface area contributed by atoms with Crippen molar-refractivity contribution >= 4 is 11.8 Å². The molecule has 0 saturated heterocycles. The third kappa shape index (κ3) is 22.0. The monoisotopic (exact) mass is 604 g/mol. The molecule has 2 rings (SSSR count). The normalized spacial score (nSPS) is 12.1. The minimum atomic E-state index is -0.0467. The lowest BCUT2D eigenvalue weighted by Gasteiger charge is -2.17. The van der Waals surface area contributed by atoms with Crippen molar-refractivity contribution < 1.29 is 14.2 Å². The minimum Gasteiger partial charge on any atom is -0.457 e. The Hall–Kier alpha value is -1.64. The maximum atomic E-state index is 6.04. The van der Waals surface area contributed by atoms with E-state index >= 15 is 0 Å². The standard InChI is InChI=1S/C34H60N4O3S/c1-2-3-4-5-6-7-8-9-10-11-12-13-14-15-16-17-26-40-30-33(41-34-36-21-18-22-37-34)31-42-29-20-28-39-27-19-24-38-25-23-35-32-38/h18,21-23,25,32-33H,2-17,19-20,24,26-31H2,1H3.